The van der Waals surface area contributed by atoms with E-state index in [0.717, 1.165) is 16.7 Å². The number of hydrogen-bond donors (Lipinski definition) is 1. The predicted octanol–water partition coefficient (Wildman–Crippen LogP) is 3.71. The van der Waals surface area contributed by atoms with Crippen molar-refractivity contribution in [1.82, 2.24) is 9.78 Å². The fourth-order valence-corrected chi connectivity index (χ4v) is 3.19. The van der Waals surface area contributed by atoms with Crippen LogP contribution < -0.4 is 5.43 Å². The standard InChI is InChI=1S/C20H18N2O3/c1-11-6-16(12(2)23)20-17(7-11)19(24)15-5-4-13(8-18(15)25-20)14-9-21-22(3)10-14/h4-10,12,23H,1-3H3. The smallest absolute Gasteiger partial charge is 0.200 e. The van der Waals surface area contributed by atoms with Crippen LogP contribution in [0.25, 0.3) is 33.1 Å². The first-order chi connectivity index (χ1) is 11.9. The number of aryl methyl sites for hydroxylation is 2. The molecule has 0 spiro atoms. The minimum atomic E-state index is -0.718. The van der Waals surface area contributed by atoms with E-state index in [1.807, 2.05) is 44.4 Å². The second-order valence-electron chi connectivity index (χ2n) is 6.45. The quantitative estimate of drug-likeness (QED) is 0.568. The molecule has 2 heterocycles. The van der Waals surface area contributed by atoms with Crippen LogP contribution in [0.3, 0.4) is 0 Å². The molecule has 0 bridgehead atoms. The summed E-state index contributed by atoms with van der Waals surface area (Å²) in [5.74, 6) is 0. The number of fused-ring (bicyclic) bond motifs is 2. The Morgan fingerprint density at radius 3 is 2.64 bits per heavy atom. The maximum Gasteiger partial charge on any atom is 0.200 e. The van der Waals surface area contributed by atoms with Crippen LogP contribution in [0, 0.1) is 6.92 Å². The maximum atomic E-state index is 12.9. The normalized spacial score (nSPS) is 12.8. The van der Waals surface area contributed by atoms with Gasteiger partial charge in [-0.15, -0.1) is 0 Å². The number of nitrogens with zero attached hydrogens (tertiary/aromatic N) is 2. The summed E-state index contributed by atoms with van der Waals surface area (Å²) < 4.78 is 7.78. The number of rotatable bonds is 2. The lowest BCUT2D eigenvalue weighted by molar-refractivity contribution is 0.199. The minimum absolute atomic E-state index is 0.0837. The highest BCUT2D eigenvalue weighted by Crippen LogP contribution is 2.29. The topological polar surface area (TPSA) is 68.3 Å². The van der Waals surface area contributed by atoms with E-state index in [1.165, 1.54) is 0 Å². The lowest BCUT2D eigenvalue weighted by Gasteiger charge is -2.11. The molecule has 4 rings (SSSR count). The molecular formula is C20H18N2O3. The molecule has 0 saturated carbocycles. The number of benzene rings is 2. The van der Waals surface area contributed by atoms with Crippen LogP contribution in [-0.2, 0) is 7.05 Å². The molecule has 0 saturated heterocycles. The van der Waals surface area contributed by atoms with Gasteiger partial charge < -0.3 is 9.52 Å². The Hall–Kier alpha value is -2.92. The highest BCUT2D eigenvalue weighted by Gasteiger charge is 2.15. The lowest BCUT2D eigenvalue weighted by Crippen LogP contribution is -2.05. The van der Waals surface area contributed by atoms with Crippen molar-refractivity contribution in [2.45, 2.75) is 20.0 Å². The molecule has 5 heteroatoms. The van der Waals surface area contributed by atoms with Gasteiger partial charge in [-0.05, 0) is 49.2 Å². The maximum absolute atomic E-state index is 12.9. The third kappa shape index (κ3) is 2.53. The van der Waals surface area contributed by atoms with Crippen LogP contribution in [0.2, 0.25) is 0 Å². The molecule has 2 aromatic heterocycles. The number of aromatic nitrogens is 2. The first kappa shape index (κ1) is 15.6. The second kappa shape index (κ2) is 5.57. The molecule has 0 fully saturated rings. The number of hydrogen-bond acceptors (Lipinski definition) is 4. The van der Waals surface area contributed by atoms with Gasteiger partial charge in [0.2, 0.25) is 5.43 Å². The van der Waals surface area contributed by atoms with Gasteiger partial charge in [0, 0.05) is 24.4 Å². The van der Waals surface area contributed by atoms with E-state index in [2.05, 4.69) is 5.10 Å². The van der Waals surface area contributed by atoms with Crippen molar-refractivity contribution >= 4 is 21.9 Å². The summed E-state index contributed by atoms with van der Waals surface area (Å²) in [6.07, 6.45) is 2.96. The molecule has 0 amide bonds. The van der Waals surface area contributed by atoms with Crippen LogP contribution in [0.4, 0.5) is 0 Å². The molecular weight excluding hydrogens is 316 g/mol. The zero-order valence-corrected chi connectivity index (χ0v) is 14.3. The fraction of sp³-hybridized carbons (Fsp3) is 0.200. The zero-order valence-electron chi connectivity index (χ0n) is 14.3. The predicted molar refractivity (Wildman–Crippen MR) is 97.6 cm³/mol. The third-order valence-electron chi connectivity index (χ3n) is 4.43. The van der Waals surface area contributed by atoms with Crippen molar-refractivity contribution in [3.63, 3.8) is 0 Å². The van der Waals surface area contributed by atoms with Gasteiger partial charge in [-0.3, -0.25) is 9.48 Å². The SMILES string of the molecule is Cc1cc(C(C)O)c2oc3cc(-c4cnn(C)c4)ccc3c(=O)c2c1. The van der Waals surface area contributed by atoms with E-state index in [-0.39, 0.29) is 5.43 Å². The molecule has 4 aromatic rings. The van der Waals surface area contributed by atoms with Gasteiger partial charge in [0.1, 0.15) is 11.2 Å². The fourth-order valence-electron chi connectivity index (χ4n) is 3.19. The third-order valence-corrected chi connectivity index (χ3v) is 4.43. The average molecular weight is 334 g/mol. The lowest BCUT2D eigenvalue weighted by atomic mass is 10.0. The van der Waals surface area contributed by atoms with Gasteiger partial charge in [-0.1, -0.05) is 6.07 Å². The van der Waals surface area contributed by atoms with Crippen LogP contribution in [0.5, 0.6) is 0 Å². The minimum Gasteiger partial charge on any atom is -0.455 e. The van der Waals surface area contributed by atoms with Crippen LogP contribution in [0.15, 0.2) is 51.9 Å². The summed E-state index contributed by atoms with van der Waals surface area (Å²) in [6, 6.07) is 9.19. The summed E-state index contributed by atoms with van der Waals surface area (Å²) in [7, 11) is 1.86. The highest BCUT2D eigenvalue weighted by molar-refractivity contribution is 5.93. The van der Waals surface area contributed by atoms with Gasteiger partial charge in [-0.2, -0.15) is 5.10 Å². The van der Waals surface area contributed by atoms with Gasteiger partial charge >= 0.3 is 0 Å². The summed E-state index contributed by atoms with van der Waals surface area (Å²) in [6.45, 7) is 3.57. The Morgan fingerprint density at radius 1 is 1.16 bits per heavy atom. The molecule has 1 unspecified atom stereocenters. The van der Waals surface area contributed by atoms with E-state index in [4.69, 9.17) is 4.42 Å². The van der Waals surface area contributed by atoms with Crippen LogP contribution in [-0.4, -0.2) is 14.9 Å². The summed E-state index contributed by atoms with van der Waals surface area (Å²) >= 11 is 0. The largest absolute Gasteiger partial charge is 0.455 e. The van der Waals surface area contributed by atoms with Crippen LogP contribution in [0.1, 0.15) is 24.2 Å². The van der Waals surface area contributed by atoms with E-state index < -0.39 is 6.10 Å². The summed E-state index contributed by atoms with van der Waals surface area (Å²) in [5, 5.41) is 15.3. The van der Waals surface area contributed by atoms with E-state index in [1.54, 1.807) is 23.9 Å². The molecule has 5 nitrogen and oxygen atoms in total. The molecule has 0 aliphatic rings. The summed E-state index contributed by atoms with van der Waals surface area (Å²) in [5.41, 5.74) is 4.29. The van der Waals surface area contributed by atoms with Gasteiger partial charge in [0.15, 0.2) is 0 Å². The molecule has 0 aliphatic heterocycles. The summed E-state index contributed by atoms with van der Waals surface area (Å²) in [4.78, 5) is 12.9. The molecule has 1 N–H and O–H groups in total. The second-order valence-corrected chi connectivity index (χ2v) is 6.45. The van der Waals surface area contributed by atoms with Crippen molar-refractivity contribution in [3.05, 3.63) is 64.1 Å². The van der Waals surface area contributed by atoms with Crippen molar-refractivity contribution in [1.29, 1.82) is 0 Å². The molecule has 0 radical (unpaired) electrons. The van der Waals surface area contributed by atoms with Crippen molar-refractivity contribution < 1.29 is 9.52 Å². The van der Waals surface area contributed by atoms with Crippen molar-refractivity contribution in [3.8, 4) is 11.1 Å². The van der Waals surface area contributed by atoms with E-state index in [0.29, 0.717) is 27.5 Å². The molecule has 126 valence electrons. The Labute approximate surface area is 144 Å². The van der Waals surface area contributed by atoms with Gasteiger partial charge in [-0.25, -0.2) is 0 Å². The van der Waals surface area contributed by atoms with Crippen molar-refractivity contribution in [2.75, 3.05) is 0 Å². The van der Waals surface area contributed by atoms with E-state index in [9.17, 15) is 9.90 Å². The molecule has 1 atom stereocenters. The monoisotopic (exact) mass is 334 g/mol. The first-order valence-corrected chi connectivity index (χ1v) is 8.12. The zero-order chi connectivity index (χ0) is 17.7. The Bertz CT molecular complexity index is 1170. The highest BCUT2D eigenvalue weighted by atomic mass is 16.3. The van der Waals surface area contributed by atoms with Gasteiger partial charge in [0.05, 0.1) is 23.1 Å². The van der Waals surface area contributed by atoms with Gasteiger partial charge in [0.25, 0.3) is 0 Å². The molecule has 0 aliphatic carbocycles. The Kier molecular flexibility index (Phi) is 3.47. The number of aliphatic hydroxyl groups is 1. The van der Waals surface area contributed by atoms with E-state index >= 15 is 0 Å². The molecule has 25 heavy (non-hydrogen) atoms. The Balaban J connectivity index is 2.06. The van der Waals surface area contributed by atoms with Crippen molar-refractivity contribution in [2.24, 2.45) is 7.05 Å². The Morgan fingerprint density at radius 2 is 1.96 bits per heavy atom. The van der Waals surface area contributed by atoms with Crippen LogP contribution >= 0.6 is 0 Å². The number of aliphatic hydroxyl groups excluding tert-OH is 1. The average Bonchev–Trinajstić information content (AvgIpc) is 3.01. The molecule has 2 aromatic carbocycles. The first-order valence-electron chi connectivity index (χ1n) is 8.12.